The molecule has 0 radical (unpaired) electrons. The van der Waals surface area contributed by atoms with Crippen LogP contribution in [0.25, 0.3) is 0 Å². The fraction of sp³-hybridized carbons (Fsp3) is 0.562. The SMILES string of the molecule is CC(C)C1CCCN(C(=O)c2cc(Cl)c(N)c(Cl)c2)CC1. The Labute approximate surface area is 136 Å². The molecule has 2 rings (SSSR count). The van der Waals surface area contributed by atoms with Gasteiger partial charge >= 0.3 is 0 Å². The number of benzene rings is 1. The third kappa shape index (κ3) is 3.83. The van der Waals surface area contributed by atoms with E-state index in [0.29, 0.717) is 33.1 Å². The van der Waals surface area contributed by atoms with Crippen LogP contribution in [0.1, 0.15) is 43.5 Å². The Balaban J connectivity index is 2.13. The maximum atomic E-state index is 12.6. The molecule has 1 atom stereocenters. The predicted molar refractivity (Wildman–Crippen MR) is 89.0 cm³/mol. The quantitative estimate of drug-likeness (QED) is 0.814. The molecule has 5 heteroatoms. The van der Waals surface area contributed by atoms with Crippen molar-refractivity contribution in [2.75, 3.05) is 18.8 Å². The summed E-state index contributed by atoms with van der Waals surface area (Å²) >= 11 is 12.0. The Bertz CT molecular complexity index is 508. The van der Waals surface area contributed by atoms with Gasteiger partial charge in [-0.05, 0) is 43.2 Å². The number of likely N-dealkylation sites (tertiary alicyclic amines) is 1. The van der Waals surface area contributed by atoms with Crippen LogP contribution in [0.2, 0.25) is 10.0 Å². The van der Waals surface area contributed by atoms with E-state index in [0.717, 1.165) is 25.9 Å². The minimum Gasteiger partial charge on any atom is -0.396 e. The van der Waals surface area contributed by atoms with Crippen molar-refractivity contribution in [1.29, 1.82) is 0 Å². The molecule has 0 saturated carbocycles. The van der Waals surface area contributed by atoms with Crippen LogP contribution in [0, 0.1) is 11.8 Å². The predicted octanol–water partition coefficient (Wildman–Crippen LogP) is 4.47. The molecule has 1 heterocycles. The summed E-state index contributed by atoms with van der Waals surface area (Å²) < 4.78 is 0. The van der Waals surface area contributed by atoms with Crippen LogP contribution in [0.3, 0.4) is 0 Å². The first kappa shape index (κ1) is 16.4. The lowest BCUT2D eigenvalue weighted by Crippen LogP contribution is -2.32. The van der Waals surface area contributed by atoms with E-state index < -0.39 is 0 Å². The second-order valence-electron chi connectivity index (χ2n) is 6.08. The van der Waals surface area contributed by atoms with Crippen molar-refractivity contribution in [1.82, 2.24) is 4.90 Å². The molecule has 21 heavy (non-hydrogen) atoms. The molecule has 0 aliphatic carbocycles. The standard InChI is InChI=1S/C16H22Cl2N2O/c1-10(2)11-4-3-6-20(7-5-11)16(21)12-8-13(17)15(19)14(18)9-12/h8-11H,3-7,19H2,1-2H3. The first-order chi connectivity index (χ1) is 9.90. The van der Waals surface area contributed by atoms with Gasteiger partial charge in [-0.3, -0.25) is 4.79 Å². The van der Waals surface area contributed by atoms with E-state index >= 15 is 0 Å². The molecule has 0 bridgehead atoms. The summed E-state index contributed by atoms with van der Waals surface area (Å²) in [6.45, 7) is 6.09. The smallest absolute Gasteiger partial charge is 0.253 e. The minimum atomic E-state index is -0.0109. The molecule has 116 valence electrons. The van der Waals surface area contributed by atoms with Gasteiger partial charge in [0.2, 0.25) is 0 Å². The van der Waals surface area contributed by atoms with Crippen molar-refractivity contribution in [3.05, 3.63) is 27.7 Å². The summed E-state index contributed by atoms with van der Waals surface area (Å²) in [5.74, 6) is 1.35. The summed E-state index contributed by atoms with van der Waals surface area (Å²) in [5.41, 5.74) is 6.56. The van der Waals surface area contributed by atoms with Gasteiger partial charge in [-0.1, -0.05) is 37.0 Å². The van der Waals surface area contributed by atoms with Gasteiger partial charge in [0.05, 0.1) is 15.7 Å². The number of amides is 1. The molecule has 1 fully saturated rings. The lowest BCUT2D eigenvalue weighted by molar-refractivity contribution is 0.0759. The van der Waals surface area contributed by atoms with Crippen molar-refractivity contribution in [2.24, 2.45) is 11.8 Å². The molecule has 0 aromatic heterocycles. The van der Waals surface area contributed by atoms with Crippen molar-refractivity contribution in [2.45, 2.75) is 33.1 Å². The van der Waals surface area contributed by atoms with Gasteiger partial charge in [0.15, 0.2) is 0 Å². The largest absolute Gasteiger partial charge is 0.396 e. The lowest BCUT2D eigenvalue weighted by Gasteiger charge is -2.22. The first-order valence-electron chi connectivity index (χ1n) is 7.44. The average molecular weight is 329 g/mol. The Hall–Kier alpha value is -0.930. The normalized spacial score (nSPS) is 19.7. The number of nitrogens with two attached hydrogens (primary N) is 1. The monoisotopic (exact) mass is 328 g/mol. The molecule has 0 spiro atoms. The molecule has 1 aliphatic heterocycles. The molecular weight excluding hydrogens is 307 g/mol. The van der Waals surface area contributed by atoms with Crippen LogP contribution in [0.5, 0.6) is 0 Å². The zero-order valence-electron chi connectivity index (χ0n) is 12.5. The summed E-state index contributed by atoms with van der Waals surface area (Å²) in [4.78, 5) is 14.5. The number of nitrogens with zero attached hydrogens (tertiary/aromatic N) is 1. The second kappa shape index (κ2) is 6.89. The lowest BCUT2D eigenvalue weighted by atomic mass is 9.89. The Kier molecular flexibility index (Phi) is 5.39. The average Bonchev–Trinajstić information content (AvgIpc) is 2.69. The highest BCUT2D eigenvalue weighted by Crippen LogP contribution is 2.30. The number of rotatable bonds is 2. The molecule has 1 aromatic rings. The van der Waals surface area contributed by atoms with E-state index in [2.05, 4.69) is 13.8 Å². The minimum absolute atomic E-state index is 0.0109. The summed E-state index contributed by atoms with van der Waals surface area (Å²) in [5, 5.41) is 0.668. The van der Waals surface area contributed by atoms with Gasteiger partial charge in [-0.15, -0.1) is 0 Å². The molecule has 3 nitrogen and oxygen atoms in total. The molecule has 1 unspecified atom stereocenters. The van der Waals surface area contributed by atoms with Crippen molar-refractivity contribution >= 4 is 34.8 Å². The number of halogens is 2. The van der Waals surface area contributed by atoms with E-state index in [1.807, 2.05) is 4.90 Å². The highest BCUT2D eigenvalue weighted by atomic mass is 35.5. The number of anilines is 1. The van der Waals surface area contributed by atoms with Gasteiger partial charge in [-0.25, -0.2) is 0 Å². The van der Waals surface area contributed by atoms with E-state index in [1.165, 1.54) is 6.42 Å². The molecular formula is C16H22Cl2N2O. The van der Waals surface area contributed by atoms with E-state index in [4.69, 9.17) is 28.9 Å². The Morgan fingerprint density at radius 2 is 1.86 bits per heavy atom. The van der Waals surface area contributed by atoms with Crippen LogP contribution in [0.15, 0.2) is 12.1 Å². The van der Waals surface area contributed by atoms with Gasteiger partial charge in [0.25, 0.3) is 5.91 Å². The van der Waals surface area contributed by atoms with E-state index in [1.54, 1.807) is 12.1 Å². The fourth-order valence-corrected chi connectivity index (χ4v) is 3.37. The first-order valence-corrected chi connectivity index (χ1v) is 8.19. The summed E-state index contributed by atoms with van der Waals surface area (Å²) in [6, 6.07) is 3.21. The maximum absolute atomic E-state index is 12.6. The van der Waals surface area contributed by atoms with Crippen molar-refractivity contribution < 1.29 is 4.79 Å². The third-order valence-electron chi connectivity index (χ3n) is 4.33. The molecule has 2 N–H and O–H groups in total. The number of hydrogen-bond acceptors (Lipinski definition) is 2. The summed E-state index contributed by atoms with van der Waals surface area (Å²) in [7, 11) is 0. The topological polar surface area (TPSA) is 46.3 Å². The van der Waals surface area contributed by atoms with Crippen LogP contribution in [-0.4, -0.2) is 23.9 Å². The van der Waals surface area contributed by atoms with Crippen LogP contribution >= 0.6 is 23.2 Å². The highest BCUT2D eigenvalue weighted by molar-refractivity contribution is 6.39. The number of carbonyl (C=O) groups is 1. The molecule has 1 saturated heterocycles. The molecule has 1 amide bonds. The van der Waals surface area contributed by atoms with Gasteiger partial charge in [-0.2, -0.15) is 0 Å². The highest BCUT2D eigenvalue weighted by Gasteiger charge is 2.23. The van der Waals surface area contributed by atoms with Crippen LogP contribution in [0.4, 0.5) is 5.69 Å². The molecule has 1 aromatic carbocycles. The van der Waals surface area contributed by atoms with Crippen LogP contribution < -0.4 is 5.73 Å². The second-order valence-corrected chi connectivity index (χ2v) is 6.90. The summed E-state index contributed by atoms with van der Waals surface area (Å²) in [6.07, 6.45) is 3.29. The van der Waals surface area contributed by atoms with Gasteiger partial charge in [0, 0.05) is 18.7 Å². The third-order valence-corrected chi connectivity index (χ3v) is 4.95. The number of hydrogen-bond donors (Lipinski definition) is 1. The molecule has 1 aliphatic rings. The van der Waals surface area contributed by atoms with E-state index in [9.17, 15) is 4.79 Å². The van der Waals surface area contributed by atoms with Gasteiger partial charge in [0.1, 0.15) is 0 Å². The number of carbonyl (C=O) groups excluding carboxylic acids is 1. The van der Waals surface area contributed by atoms with Crippen molar-refractivity contribution in [3.63, 3.8) is 0 Å². The fourth-order valence-electron chi connectivity index (χ4n) is 2.88. The van der Waals surface area contributed by atoms with Gasteiger partial charge < -0.3 is 10.6 Å². The maximum Gasteiger partial charge on any atom is 0.253 e. The zero-order chi connectivity index (χ0) is 15.6. The van der Waals surface area contributed by atoms with Crippen LogP contribution in [-0.2, 0) is 0 Å². The zero-order valence-corrected chi connectivity index (χ0v) is 14.0. The Morgan fingerprint density at radius 1 is 1.24 bits per heavy atom. The van der Waals surface area contributed by atoms with E-state index in [-0.39, 0.29) is 5.91 Å². The van der Waals surface area contributed by atoms with Crippen molar-refractivity contribution in [3.8, 4) is 0 Å². The number of nitrogen functional groups attached to an aromatic ring is 1. The Morgan fingerprint density at radius 3 is 2.43 bits per heavy atom.